The van der Waals surface area contributed by atoms with Crippen LogP contribution < -0.4 is 5.43 Å². The Balaban J connectivity index is 1.76. The summed E-state index contributed by atoms with van der Waals surface area (Å²) in [5, 5.41) is 5.15. The summed E-state index contributed by atoms with van der Waals surface area (Å²) in [7, 11) is 0. The van der Waals surface area contributed by atoms with Gasteiger partial charge in [0.25, 0.3) is 0 Å². The topological polar surface area (TPSA) is 41.5 Å². The number of nitrogens with zero attached hydrogens (tertiary/aromatic N) is 1. The van der Waals surface area contributed by atoms with Crippen molar-refractivity contribution in [1.82, 2.24) is 5.43 Å². The van der Waals surface area contributed by atoms with Crippen LogP contribution in [0.15, 0.2) is 52.0 Å². The van der Waals surface area contributed by atoms with Crippen LogP contribution in [0.2, 0.25) is 10.0 Å². The quantitative estimate of drug-likeness (QED) is 0.508. The van der Waals surface area contributed by atoms with Crippen molar-refractivity contribution in [2.75, 3.05) is 5.75 Å². The van der Waals surface area contributed by atoms with Gasteiger partial charge in [-0.05, 0) is 35.4 Å². The van der Waals surface area contributed by atoms with Gasteiger partial charge in [-0.3, -0.25) is 4.79 Å². The van der Waals surface area contributed by atoms with Crippen molar-refractivity contribution < 1.29 is 4.79 Å². The maximum atomic E-state index is 11.7. The lowest BCUT2D eigenvalue weighted by Crippen LogP contribution is -2.19. The third kappa shape index (κ3) is 6.18. The molecule has 1 N–H and O–H groups in total. The predicted molar refractivity (Wildman–Crippen MR) is 103 cm³/mol. The fourth-order valence-corrected chi connectivity index (χ4v) is 3.50. The standard InChI is InChI=1S/C16H13BrCl2N2OS/c17-12-6-4-11(5-7-12)8-20-21-16(22)10-23-9-13-14(18)2-1-3-15(13)19/h1-8H,9-10H2,(H,21,22)/b20-8-. The Hall–Kier alpha value is -1.01. The van der Waals surface area contributed by atoms with E-state index in [1.807, 2.05) is 24.3 Å². The number of hydrazone groups is 1. The van der Waals surface area contributed by atoms with Crippen LogP contribution in [-0.2, 0) is 10.5 Å². The summed E-state index contributed by atoms with van der Waals surface area (Å²) in [4.78, 5) is 11.7. The molecule has 0 fully saturated rings. The van der Waals surface area contributed by atoms with Crippen LogP contribution in [0.4, 0.5) is 0 Å². The van der Waals surface area contributed by atoms with E-state index < -0.39 is 0 Å². The molecule has 0 aliphatic carbocycles. The monoisotopic (exact) mass is 430 g/mol. The lowest BCUT2D eigenvalue weighted by atomic mass is 10.2. The van der Waals surface area contributed by atoms with Crippen molar-refractivity contribution in [2.45, 2.75) is 5.75 Å². The van der Waals surface area contributed by atoms with E-state index in [2.05, 4.69) is 26.5 Å². The highest BCUT2D eigenvalue weighted by molar-refractivity contribution is 9.10. The third-order valence-electron chi connectivity index (χ3n) is 2.81. The first-order valence-electron chi connectivity index (χ1n) is 6.64. The van der Waals surface area contributed by atoms with Crippen molar-refractivity contribution in [3.05, 3.63) is 68.1 Å². The van der Waals surface area contributed by atoms with Crippen molar-refractivity contribution in [3.63, 3.8) is 0 Å². The zero-order valence-electron chi connectivity index (χ0n) is 11.9. The van der Waals surface area contributed by atoms with E-state index in [-0.39, 0.29) is 11.7 Å². The van der Waals surface area contributed by atoms with Crippen molar-refractivity contribution in [2.24, 2.45) is 5.10 Å². The minimum Gasteiger partial charge on any atom is -0.272 e. The Morgan fingerprint density at radius 2 is 1.83 bits per heavy atom. The highest BCUT2D eigenvalue weighted by Crippen LogP contribution is 2.28. The maximum absolute atomic E-state index is 11.7. The van der Waals surface area contributed by atoms with Crippen LogP contribution >= 0.6 is 50.9 Å². The Kier molecular flexibility index (Phi) is 7.43. The molecule has 2 aromatic rings. The number of nitrogens with one attached hydrogen (secondary N) is 1. The Morgan fingerprint density at radius 3 is 2.48 bits per heavy atom. The van der Waals surface area contributed by atoms with E-state index >= 15 is 0 Å². The highest BCUT2D eigenvalue weighted by atomic mass is 79.9. The van der Waals surface area contributed by atoms with Crippen LogP contribution in [-0.4, -0.2) is 17.9 Å². The number of halogens is 3. The SMILES string of the molecule is O=C(CSCc1c(Cl)cccc1Cl)N/N=C\c1ccc(Br)cc1. The van der Waals surface area contributed by atoms with Gasteiger partial charge in [0.05, 0.1) is 12.0 Å². The minimum atomic E-state index is -0.175. The number of thioether (sulfide) groups is 1. The Morgan fingerprint density at radius 1 is 1.17 bits per heavy atom. The molecule has 2 rings (SSSR count). The van der Waals surface area contributed by atoms with Gasteiger partial charge >= 0.3 is 0 Å². The van der Waals surface area contributed by atoms with Gasteiger partial charge in [-0.1, -0.05) is 57.3 Å². The van der Waals surface area contributed by atoms with Crippen LogP contribution in [0.5, 0.6) is 0 Å². The van der Waals surface area contributed by atoms with E-state index in [1.54, 1.807) is 24.4 Å². The summed E-state index contributed by atoms with van der Waals surface area (Å²) in [6.45, 7) is 0. The number of hydrogen-bond donors (Lipinski definition) is 1. The molecule has 0 heterocycles. The molecule has 120 valence electrons. The van der Waals surface area contributed by atoms with Gasteiger partial charge in [0.2, 0.25) is 5.91 Å². The molecule has 0 spiro atoms. The van der Waals surface area contributed by atoms with Gasteiger partial charge in [0, 0.05) is 20.3 Å². The third-order valence-corrected chi connectivity index (χ3v) is 5.01. The molecule has 0 aliphatic rings. The molecule has 3 nitrogen and oxygen atoms in total. The molecule has 0 aromatic heterocycles. The first kappa shape index (κ1) is 18.3. The van der Waals surface area contributed by atoms with Crippen LogP contribution in [0.3, 0.4) is 0 Å². The average Bonchev–Trinajstić information content (AvgIpc) is 2.52. The van der Waals surface area contributed by atoms with Crippen LogP contribution in [0.25, 0.3) is 0 Å². The molecule has 7 heteroatoms. The summed E-state index contributed by atoms with van der Waals surface area (Å²) >= 11 is 17.0. The number of amides is 1. The average molecular weight is 432 g/mol. The fraction of sp³-hybridized carbons (Fsp3) is 0.125. The van der Waals surface area contributed by atoms with Gasteiger partial charge in [0.15, 0.2) is 0 Å². The zero-order valence-corrected chi connectivity index (χ0v) is 15.8. The lowest BCUT2D eigenvalue weighted by Gasteiger charge is -2.06. The maximum Gasteiger partial charge on any atom is 0.250 e. The highest BCUT2D eigenvalue weighted by Gasteiger charge is 2.07. The van der Waals surface area contributed by atoms with Gasteiger partial charge in [-0.2, -0.15) is 5.10 Å². The van der Waals surface area contributed by atoms with E-state index in [0.717, 1.165) is 15.6 Å². The molecular formula is C16H13BrCl2N2OS. The number of benzene rings is 2. The van der Waals surface area contributed by atoms with E-state index in [4.69, 9.17) is 23.2 Å². The molecule has 0 saturated heterocycles. The van der Waals surface area contributed by atoms with Crippen molar-refractivity contribution >= 4 is 63.0 Å². The molecule has 0 bridgehead atoms. The Labute approximate surface area is 157 Å². The number of carbonyl (C=O) groups is 1. The second-order valence-corrected chi connectivity index (χ2v) is 7.25. The number of hydrogen-bond acceptors (Lipinski definition) is 3. The Bertz CT molecular complexity index is 687. The van der Waals surface area contributed by atoms with Crippen molar-refractivity contribution in [1.29, 1.82) is 0 Å². The molecular weight excluding hydrogens is 419 g/mol. The van der Waals surface area contributed by atoms with Gasteiger partial charge in [-0.25, -0.2) is 5.43 Å². The molecule has 0 saturated carbocycles. The largest absolute Gasteiger partial charge is 0.272 e. The van der Waals surface area contributed by atoms with E-state index in [1.165, 1.54) is 11.8 Å². The van der Waals surface area contributed by atoms with Gasteiger partial charge in [0.1, 0.15) is 0 Å². The van der Waals surface area contributed by atoms with Gasteiger partial charge in [-0.15, -0.1) is 11.8 Å². The fourth-order valence-electron chi connectivity index (χ4n) is 1.68. The smallest absolute Gasteiger partial charge is 0.250 e. The second-order valence-electron chi connectivity index (χ2n) is 4.54. The molecule has 1 amide bonds. The summed E-state index contributed by atoms with van der Waals surface area (Å²) < 4.78 is 0.994. The van der Waals surface area contributed by atoms with Crippen molar-refractivity contribution in [3.8, 4) is 0 Å². The first-order valence-corrected chi connectivity index (χ1v) is 9.35. The predicted octanol–water partition coefficient (Wildman–Crippen LogP) is 5.14. The molecule has 2 aromatic carbocycles. The lowest BCUT2D eigenvalue weighted by molar-refractivity contribution is -0.118. The molecule has 0 unspecified atom stereocenters. The summed E-state index contributed by atoms with van der Waals surface area (Å²) in [5.74, 6) is 0.674. The molecule has 23 heavy (non-hydrogen) atoms. The molecule has 0 radical (unpaired) electrons. The van der Waals surface area contributed by atoms with E-state index in [9.17, 15) is 4.79 Å². The number of rotatable bonds is 6. The van der Waals surface area contributed by atoms with Gasteiger partial charge < -0.3 is 0 Å². The summed E-state index contributed by atoms with van der Waals surface area (Å²) in [5.41, 5.74) is 4.24. The minimum absolute atomic E-state index is 0.175. The normalized spacial score (nSPS) is 10.9. The van der Waals surface area contributed by atoms with Crippen LogP contribution in [0, 0.1) is 0 Å². The summed E-state index contributed by atoms with van der Waals surface area (Å²) in [6, 6.07) is 13.0. The van der Waals surface area contributed by atoms with E-state index in [0.29, 0.717) is 15.8 Å². The second kappa shape index (κ2) is 9.33. The number of carbonyl (C=O) groups excluding carboxylic acids is 1. The van der Waals surface area contributed by atoms with Crippen LogP contribution in [0.1, 0.15) is 11.1 Å². The first-order chi connectivity index (χ1) is 11.1. The molecule has 0 aliphatic heterocycles. The molecule has 0 atom stereocenters. The zero-order chi connectivity index (χ0) is 16.7. The summed E-state index contributed by atoms with van der Waals surface area (Å²) in [6.07, 6.45) is 1.60.